The second-order valence-electron chi connectivity index (χ2n) is 4.51. The normalized spacial score (nSPS) is 12.8. The van der Waals surface area contributed by atoms with E-state index < -0.39 is 0 Å². The number of alkyl halides is 1. The summed E-state index contributed by atoms with van der Waals surface area (Å²) in [5, 5.41) is -0.244. The van der Waals surface area contributed by atoms with Gasteiger partial charge in [-0.3, -0.25) is 4.57 Å². The second kappa shape index (κ2) is 5.19. The first-order chi connectivity index (χ1) is 9.58. The van der Waals surface area contributed by atoms with Crippen molar-refractivity contribution in [3.63, 3.8) is 0 Å². The maximum absolute atomic E-state index is 13.4. The summed E-state index contributed by atoms with van der Waals surface area (Å²) in [5.74, 6) is 0.449. The summed E-state index contributed by atoms with van der Waals surface area (Å²) in [6.45, 7) is 1.87. The van der Waals surface area contributed by atoms with Gasteiger partial charge in [0.25, 0.3) is 0 Å². The van der Waals surface area contributed by atoms with Crippen LogP contribution in [0.25, 0.3) is 16.7 Å². The Bertz CT molecular complexity index is 783. The van der Waals surface area contributed by atoms with Crippen LogP contribution in [-0.2, 0) is 0 Å². The van der Waals surface area contributed by atoms with E-state index in [4.69, 9.17) is 11.6 Å². The smallest absolute Gasteiger partial charge is 0.137 e. The average molecular weight is 354 g/mol. The number of hydrogen-bond acceptors (Lipinski definition) is 1. The summed E-state index contributed by atoms with van der Waals surface area (Å²) >= 11 is 9.45. The van der Waals surface area contributed by atoms with Crippen molar-refractivity contribution in [2.75, 3.05) is 0 Å². The van der Waals surface area contributed by atoms with E-state index in [0.29, 0.717) is 4.47 Å². The Morgan fingerprint density at radius 1 is 1.25 bits per heavy atom. The van der Waals surface area contributed by atoms with E-state index in [1.807, 2.05) is 35.8 Å². The van der Waals surface area contributed by atoms with Gasteiger partial charge in [0.2, 0.25) is 0 Å². The van der Waals surface area contributed by atoms with Gasteiger partial charge in [-0.1, -0.05) is 12.1 Å². The standard InChI is InChI=1S/C15H11BrClFN2/c1-9(17)15-19-13-4-2-3-5-14(13)20(15)10-6-7-12(18)11(16)8-10/h2-9H,1H3. The SMILES string of the molecule is CC(Cl)c1nc2ccccc2n1-c1ccc(F)c(Br)c1. The Morgan fingerprint density at radius 2 is 2.00 bits per heavy atom. The zero-order valence-corrected chi connectivity index (χ0v) is 13.0. The molecule has 2 aromatic carbocycles. The van der Waals surface area contributed by atoms with Crippen LogP contribution in [0, 0.1) is 5.82 Å². The molecule has 0 saturated heterocycles. The average Bonchev–Trinajstić information content (AvgIpc) is 2.81. The van der Waals surface area contributed by atoms with Crippen LogP contribution in [-0.4, -0.2) is 9.55 Å². The van der Waals surface area contributed by atoms with Crippen molar-refractivity contribution in [2.45, 2.75) is 12.3 Å². The largest absolute Gasteiger partial charge is 0.295 e. The van der Waals surface area contributed by atoms with Gasteiger partial charge in [0.05, 0.1) is 20.9 Å². The fourth-order valence-corrected chi connectivity index (χ4v) is 2.72. The van der Waals surface area contributed by atoms with Crippen LogP contribution >= 0.6 is 27.5 Å². The quantitative estimate of drug-likeness (QED) is 0.577. The predicted molar refractivity (Wildman–Crippen MR) is 83.0 cm³/mol. The van der Waals surface area contributed by atoms with E-state index in [2.05, 4.69) is 20.9 Å². The minimum atomic E-state index is -0.293. The van der Waals surface area contributed by atoms with Crippen LogP contribution < -0.4 is 0 Å². The molecule has 20 heavy (non-hydrogen) atoms. The van der Waals surface area contributed by atoms with Crippen LogP contribution in [0.5, 0.6) is 0 Å². The summed E-state index contributed by atoms with van der Waals surface area (Å²) in [5.41, 5.74) is 2.65. The van der Waals surface area contributed by atoms with Gasteiger partial charge in [-0.15, -0.1) is 11.6 Å². The van der Waals surface area contributed by atoms with Crippen molar-refractivity contribution in [3.05, 3.63) is 58.6 Å². The molecular weight excluding hydrogens is 343 g/mol. The molecule has 0 saturated carbocycles. The van der Waals surface area contributed by atoms with Gasteiger partial charge in [-0.2, -0.15) is 0 Å². The fourth-order valence-electron chi connectivity index (χ4n) is 2.21. The Balaban J connectivity index is 2.33. The van der Waals surface area contributed by atoms with Crippen LogP contribution in [0.3, 0.4) is 0 Å². The molecule has 102 valence electrons. The zero-order valence-electron chi connectivity index (χ0n) is 10.6. The van der Waals surface area contributed by atoms with Crippen molar-refractivity contribution in [3.8, 4) is 5.69 Å². The molecule has 0 spiro atoms. The van der Waals surface area contributed by atoms with Gasteiger partial charge in [-0.05, 0) is 53.2 Å². The van der Waals surface area contributed by atoms with E-state index in [-0.39, 0.29) is 11.2 Å². The van der Waals surface area contributed by atoms with Crippen LogP contribution in [0.1, 0.15) is 18.1 Å². The number of benzene rings is 2. The highest BCUT2D eigenvalue weighted by Crippen LogP contribution is 2.29. The first-order valence-corrected chi connectivity index (χ1v) is 7.38. The topological polar surface area (TPSA) is 17.8 Å². The monoisotopic (exact) mass is 352 g/mol. The number of imidazole rings is 1. The number of fused-ring (bicyclic) bond motifs is 1. The molecular formula is C15H11BrClFN2. The Labute approximate surface area is 129 Å². The lowest BCUT2D eigenvalue weighted by atomic mass is 10.2. The molecule has 1 aromatic heterocycles. The summed E-state index contributed by atoms with van der Waals surface area (Å²) in [7, 11) is 0. The van der Waals surface area contributed by atoms with Gasteiger partial charge < -0.3 is 0 Å². The van der Waals surface area contributed by atoms with Gasteiger partial charge in [0.15, 0.2) is 0 Å². The Morgan fingerprint density at radius 3 is 2.70 bits per heavy atom. The molecule has 2 nitrogen and oxygen atoms in total. The third-order valence-corrected chi connectivity index (χ3v) is 3.91. The van der Waals surface area contributed by atoms with Gasteiger partial charge in [0, 0.05) is 5.69 Å². The van der Waals surface area contributed by atoms with E-state index in [0.717, 1.165) is 22.5 Å². The minimum Gasteiger partial charge on any atom is -0.295 e. The fraction of sp³-hybridized carbons (Fsp3) is 0.133. The summed E-state index contributed by atoms with van der Waals surface area (Å²) in [6.07, 6.45) is 0. The maximum atomic E-state index is 13.4. The molecule has 0 aliphatic carbocycles. The Hall–Kier alpha value is -1.39. The molecule has 0 N–H and O–H groups in total. The molecule has 1 unspecified atom stereocenters. The zero-order chi connectivity index (χ0) is 14.3. The van der Waals surface area contributed by atoms with Crippen molar-refractivity contribution >= 4 is 38.6 Å². The number of hydrogen-bond donors (Lipinski definition) is 0. The third-order valence-electron chi connectivity index (χ3n) is 3.10. The van der Waals surface area contributed by atoms with Crippen LogP contribution in [0.4, 0.5) is 4.39 Å². The number of rotatable bonds is 2. The first-order valence-electron chi connectivity index (χ1n) is 6.15. The van der Waals surface area contributed by atoms with Gasteiger partial charge in [0.1, 0.15) is 11.6 Å². The van der Waals surface area contributed by atoms with Crippen molar-refractivity contribution in [1.82, 2.24) is 9.55 Å². The highest BCUT2D eigenvalue weighted by molar-refractivity contribution is 9.10. The van der Waals surface area contributed by atoms with Crippen molar-refractivity contribution in [2.24, 2.45) is 0 Å². The van der Waals surface area contributed by atoms with E-state index >= 15 is 0 Å². The van der Waals surface area contributed by atoms with Gasteiger partial charge >= 0.3 is 0 Å². The van der Waals surface area contributed by atoms with Crippen LogP contribution in [0.2, 0.25) is 0 Å². The summed E-state index contributed by atoms with van der Waals surface area (Å²) in [4.78, 5) is 4.56. The summed E-state index contributed by atoms with van der Waals surface area (Å²) < 4.78 is 15.8. The molecule has 0 fully saturated rings. The van der Waals surface area contributed by atoms with E-state index in [1.165, 1.54) is 6.07 Å². The molecule has 0 radical (unpaired) electrons. The van der Waals surface area contributed by atoms with E-state index in [1.54, 1.807) is 12.1 Å². The highest BCUT2D eigenvalue weighted by atomic mass is 79.9. The van der Waals surface area contributed by atoms with E-state index in [9.17, 15) is 4.39 Å². The minimum absolute atomic E-state index is 0.244. The lowest BCUT2D eigenvalue weighted by Crippen LogP contribution is -2.02. The summed E-state index contributed by atoms with van der Waals surface area (Å²) in [6, 6.07) is 12.7. The molecule has 0 bridgehead atoms. The second-order valence-corrected chi connectivity index (χ2v) is 6.02. The molecule has 5 heteroatoms. The van der Waals surface area contributed by atoms with Crippen molar-refractivity contribution in [1.29, 1.82) is 0 Å². The number of halogens is 3. The highest BCUT2D eigenvalue weighted by Gasteiger charge is 2.16. The first kappa shape index (κ1) is 13.6. The van der Waals surface area contributed by atoms with Gasteiger partial charge in [-0.25, -0.2) is 9.37 Å². The molecule has 1 heterocycles. The lowest BCUT2D eigenvalue weighted by Gasteiger charge is -2.11. The van der Waals surface area contributed by atoms with Crippen molar-refractivity contribution < 1.29 is 4.39 Å². The lowest BCUT2D eigenvalue weighted by molar-refractivity contribution is 0.620. The number of nitrogens with zero attached hydrogens (tertiary/aromatic N) is 2. The molecule has 3 rings (SSSR count). The molecule has 0 amide bonds. The predicted octanol–water partition coefficient (Wildman–Crippen LogP) is 5.23. The molecule has 0 aliphatic heterocycles. The number of para-hydroxylation sites is 2. The molecule has 1 atom stereocenters. The molecule has 0 aliphatic rings. The Kier molecular flexibility index (Phi) is 3.52. The number of aromatic nitrogens is 2. The third kappa shape index (κ3) is 2.23. The van der Waals surface area contributed by atoms with Crippen LogP contribution in [0.15, 0.2) is 46.9 Å². The molecule has 3 aromatic rings. The maximum Gasteiger partial charge on any atom is 0.137 e.